The lowest BCUT2D eigenvalue weighted by atomic mass is 10.1. The van der Waals surface area contributed by atoms with E-state index in [0.717, 1.165) is 12.8 Å². The maximum Gasteiger partial charge on any atom is 0.134 e. The van der Waals surface area contributed by atoms with E-state index in [4.69, 9.17) is 15.7 Å². The van der Waals surface area contributed by atoms with E-state index in [0.29, 0.717) is 12.5 Å². The number of ether oxygens (including phenoxy) is 1. The van der Waals surface area contributed by atoms with Gasteiger partial charge in [-0.1, -0.05) is 6.42 Å². The highest BCUT2D eigenvalue weighted by molar-refractivity contribution is 4.80. The Morgan fingerprint density at radius 2 is 2.36 bits per heavy atom. The van der Waals surface area contributed by atoms with Crippen molar-refractivity contribution in [1.29, 1.82) is 5.26 Å². The van der Waals surface area contributed by atoms with Gasteiger partial charge >= 0.3 is 0 Å². The van der Waals surface area contributed by atoms with Crippen LogP contribution in [0.2, 0.25) is 0 Å². The molecule has 1 aliphatic rings. The van der Waals surface area contributed by atoms with Gasteiger partial charge in [-0.15, -0.1) is 0 Å². The van der Waals surface area contributed by atoms with Crippen LogP contribution in [0.25, 0.3) is 0 Å². The fourth-order valence-electron chi connectivity index (χ4n) is 1.64. The predicted molar refractivity (Wildman–Crippen MR) is 41.7 cm³/mol. The maximum absolute atomic E-state index is 8.28. The van der Waals surface area contributed by atoms with Crippen LogP contribution in [0.3, 0.4) is 0 Å². The highest BCUT2D eigenvalue weighted by Gasteiger charge is 2.26. The molecule has 11 heavy (non-hydrogen) atoms. The predicted octanol–water partition coefficient (Wildman–Crippen LogP) is 0.654. The Hall–Kier alpha value is -0.590. The average Bonchev–Trinajstić information content (AvgIpc) is 2.47. The fraction of sp³-hybridized carbons (Fsp3) is 0.875. The van der Waals surface area contributed by atoms with Gasteiger partial charge in [-0.2, -0.15) is 5.26 Å². The van der Waals surface area contributed by atoms with Crippen LogP contribution in [0.4, 0.5) is 0 Å². The van der Waals surface area contributed by atoms with Crippen LogP contribution >= 0.6 is 0 Å². The van der Waals surface area contributed by atoms with E-state index in [1.165, 1.54) is 6.42 Å². The standard InChI is InChI=1S/C8H14N2O/c9-4-5-11-8-3-1-2-7(8)6-10/h7-8H,1-3,5-6,10H2. The summed E-state index contributed by atoms with van der Waals surface area (Å²) in [5, 5.41) is 8.28. The second-order valence-corrected chi connectivity index (χ2v) is 2.93. The van der Waals surface area contributed by atoms with Gasteiger partial charge in [0.2, 0.25) is 0 Å². The zero-order chi connectivity index (χ0) is 8.10. The number of nitriles is 1. The Kier molecular flexibility index (Phi) is 3.34. The van der Waals surface area contributed by atoms with E-state index in [1.807, 2.05) is 6.07 Å². The monoisotopic (exact) mass is 154 g/mol. The van der Waals surface area contributed by atoms with Gasteiger partial charge < -0.3 is 10.5 Å². The highest BCUT2D eigenvalue weighted by Crippen LogP contribution is 2.26. The van der Waals surface area contributed by atoms with Gasteiger partial charge in [0.15, 0.2) is 0 Å². The van der Waals surface area contributed by atoms with Crippen LogP contribution in [0.1, 0.15) is 19.3 Å². The largest absolute Gasteiger partial charge is 0.363 e. The van der Waals surface area contributed by atoms with Crippen molar-refractivity contribution in [2.24, 2.45) is 11.7 Å². The summed E-state index contributed by atoms with van der Waals surface area (Å²) in [4.78, 5) is 0. The van der Waals surface area contributed by atoms with E-state index in [9.17, 15) is 0 Å². The van der Waals surface area contributed by atoms with E-state index in [2.05, 4.69) is 0 Å². The van der Waals surface area contributed by atoms with Crippen molar-refractivity contribution in [2.75, 3.05) is 13.2 Å². The second-order valence-electron chi connectivity index (χ2n) is 2.93. The second kappa shape index (κ2) is 4.32. The van der Waals surface area contributed by atoms with Crippen LogP contribution < -0.4 is 5.73 Å². The number of nitrogens with two attached hydrogens (primary N) is 1. The van der Waals surface area contributed by atoms with Crippen molar-refractivity contribution in [3.8, 4) is 6.07 Å². The van der Waals surface area contributed by atoms with Gasteiger partial charge in [0.1, 0.15) is 6.61 Å². The minimum absolute atomic E-state index is 0.209. The summed E-state index contributed by atoms with van der Waals surface area (Å²) >= 11 is 0. The van der Waals surface area contributed by atoms with Crippen molar-refractivity contribution < 1.29 is 4.74 Å². The molecule has 3 heteroatoms. The van der Waals surface area contributed by atoms with Crippen molar-refractivity contribution in [2.45, 2.75) is 25.4 Å². The molecule has 0 radical (unpaired) electrons. The van der Waals surface area contributed by atoms with Gasteiger partial charge in [-0.25, -0.2) is 0 Å². The van der Waals surface area contributed by atoms with Crippen molar-refractivity contribution >= 4 is 0 Å². The summed E-state index contributed by atoms with van der Waals surface area (Å²) in [6.45, 7) is 0.900. The Labute approximate surface area is 67.1 Å². The lowest BCUT2D eigenvalue weighted by molar-refractivity contribution is 0.0514. The Balaban J connectivity index is 2.27. The molecule has 2 N–H and O–H groups in total. The summed E-state index contributed by atoms with van der Waals surface area (Å²) in [5.41, 5.74) is 5.53. The molecule has 0 heterocycles. The number of hydrogen-bond acceptors (Lipinski definition) is 3. The molecule has 1 aliphatic carbocycles. The molecule has 1 fully saturated rings. The molecule has 0 spiro atoms. The van der Waals surface area contributed by atoms with Crippen molar-refractivity contribution in [1.82, 2.24) is 0 Å². The molecular formula is C8H14N2O. The smallest absolute Gasteiger partial charge is 0.134 e. The van der Waals surface area contributed by atoms with Crippen LogP contribution in [-0.2, 0) is 4.74 Å². The normalized spacial score (nSPS) is 30.2. The van der Waals surface area contributed by atoms with Crippen molar-refractivity contribution in [3.05, 3.63) is 0 Å². The Bertz CT molecular complexity index is 153. The van der Waals surface area contributed by atoms with Crippen LogP contribution in [0.5, 0.6) is 0 Å². The van der Waals surface area contributed by atoms with Gasteiger partial charge in [0.05, 0.1) is 12.2 Å². The lowest BCUT2D eigenvalue weighted by Crippen LogP contribution is -2.25. The lowest BCUT2D eigenvalue weighted by Gasteiger charge is -2.16. The van der Waals surface area contributed by atoms with E-state index >= 15 is 0 Å². The third kappa shape index (κ3) is 2.18. The van der Waals surface area contributed by atoms with E-state index < -0.39 is 0 Å². The number of rotatable bonds is 3. The molecule has 2 unspecified atom stereocenters. The summed E-state index contributed by atoms with van der Waals surface area (Å²) in [7, 11) is 0. The van der Waals surface area contributed by atoms with E-state index in [1.54, 1.807) is 0 Å². The quantitative estimate of drug-likeness (QED) is 0.649. The molecule has 0 saturated heterocycles. The van der Waals surface area contributed by atoms with Gasteiger partial charge in [-0.05, 0) is 25.3 Å². The first-order valence-electron chi connectivity index (χ1n) is 4.07. The van der Waals surface area contributed by atoms with Gasteiger partial charge in [0.25, 0.3) is 0 Å². The Morgan fingerprint density at radius 1 is 1.55 bits per heavy atom. The minimum atomic E-state index is 0.209. The molecule has 0 aromatic carbocycles. The molecule has 1 rings (SSSR count). The third-order valence-corrected chi connectivity index (χ3v) is 2.25. The zero-order valence-electron chi connectivity index (χ0n) is 6.62. The minimum Gasteiger partial charge on any atom is -0.363 e. The SMILES string of the molecule is N#CCOC1CCCC1CN. The number of nitrogens with zero attached hydrogens (tertiary/aromatic N) is 1. The third-order valence-electron chi connectivity index (χ3n) is 2.25. The molecule has 0 bridgehead atoms. The molecule has 62 valence electrons. The first-order valence-corrected chi connectivity index (χ1v) is 4.07. The molecular weight excluding hydrogens is 140 g/mol. The summed E-state index contributed by atoms with van der Waals surface area (Å²) < 4.78 is 5.31. The van der Waals surface area contributed by atoms with Crippen LogP contribution in [0.15, 0.2) is 0 Å². The van der Waals surface area contributed by atoms with Crippen LogP contribution in [-0.4, -0.2) is 19.3 Å². The van der Waals surface area contributed by atoms with Gasteiger partial charge in [0, 0.05) is 0 Å². The zero-order valence-corrected chi connectivity index (χ0v) is 6.62. The molecule has 0 amide bonds. The molecule has 1 saturated carbocycles. The first-order chi connectivity index (χ1) is 5.38. The number of hydrogen-bond donors (Lipinski definition) is 1. The topological polar surface area (TPSA) is 59.0 Å². The molecule has 0 aromatic rings. The average molecular weight is 154 g/mol. The molecule has 0 aromatic heterocycles. The molecule has 3 nitrogen and oxygen atoms in total. The maximum atomic E-state index is 8.28. The molecule has 2 atom stereocenters. The van der Waals surface area contributed by atoms with Gasteiger partial charge in [-0.3, -0.25) is 0 Å². The summed E-state index contributed by atoms with van der Waals surface area (Å²) in [6.07, 6.45) is 3.67. The van der Waals surface area contributed by atoms with E-state index in [-0.39, 0.29) is 12.7 Å². The molecule has 0 aliphatic heterocycles. The fourth-order valence-corrected chi connectivity index (χ4v) is 1.64. The highest BCUT2D eigenvalue weighted by atomic mass is 16.5. The van der Waals surface area contributed by atoms with Crippen molar-refractivity contribution in [3.63, 3.8) is 0 Å². The van der Waals surface area contributed by atoms with Crippen LogP contribution in [0, 0.1) is 17.2 Å². The first kappa shape index (κ1) is 8.51. The summed E-state index contributed by atoms with van der Waals surface area (Å²) in [6, 6.07) is 1.98. The Morgan fingerprint density at radius 3 is 3.00 bits per heavy atom. The summed E-state index contributed by atoms with van der Waals surface area (Å²) in [5.74, 6) is 0.489.